The van der Waals surface area contributed by atoms with E-state index in [2.05, 4.69) is 15.2 Å². The lowest BCUT2D eigenvalue weighted by Crippen LogP contribution is -2.44. The van der Waals surface area contributed by atoms with Gasteiger partial charge in [0.05, 0.1) is 11.4 Å². The molecule has 1 amide bonds. The number of nitrogens with one attached hydrogen (secondary N) is 1. The topological polar surface area (TPSA) is 71.2 Å². The van der Waals surface area contributed by atoms with Crippen molar-refractivity contribution >= 4 is 17.4 Å². The average molecular weight is 248 g/mol. The molecule has 1 aromatic heterocycles. The van der Waals surface area contributed by atoms with Crippen molar-refractivity contribution in [3.8, 4) is 0 Å². The van der Waals surface area contributed by atoms with E-state index >= 15 is 0 Å². The Morgan fingerprint density at radius 2 is 2.11 bits per heavy atom. The average Bonchev–Trinajstić information content (AvgIpc) is 2.33. The second-order valence-corrected chi connectivity index (χ2v) is 4.81. The number of nitrogens with two attached hydrogens (primary N) is 1. The molecular formula is C13H20N4O. The van der Waals surface area contributed by atoms with Gasteiger partial charge in [-0.2, -0.15) is 0 Å². The zero-order chi connectivity index (χ0) is 13.1. The smallest absolute Gasteiger partial charge is 0.217 e. The first-order valence-electron chi connectivity index (χ1n) is 6.31. The molecule has 1 saturated heterocycles. The van der Waals surface area contributed by atoms with Crippen LogP contribution in [0.4, 0.5) is 11.5 Å². The Morgan fingerprint density at radius 3 is 2.67 bits per heavy atom. The van der Waals surface area contributed by atoms with E-state index in [-0.39, 0.29) is 5.91 Å². The van der Waals surface area contributed by atoms with Crippen molar-refractivity contribution < 1.29 is 4.79 Å². The highest BCUT2D eigenvalue weighted by molar-refractivity contribution is 5.73. The zero-order valence-electron chi connectivity index (χ0n) is 10.9. The van der Waals surface area contributed by atoms with Crippen LogP contribution in [0.3, 0.4) is 0 Å². The first-order valence-corrected chi connectivity index (χ1v) is 6.31. The van der Waals surface area contributed by atoms with Crippen LogP contribution in [0.25, 0.3) is 0 Å². The summed E-state index contributed by atoms with van der Waals surface area (Å²) in [5, 5.41) is 2.97. The first-order chi connectivity index (χ1) is 8.56. The summed E-state index contributed by atoms with van der Waals surface area (Å²) in [6, 6.07) is 4.16. The van der Waals surface area contributed by atoms with Crippen molar-refractivity contribution in [1.29, 1.82) is 0 Å². The summed E-state index contributed by atoms with van der Waals surface area (Å²) in [6.45, 7) is 5.32. The van der Waals surface area contributed by atoms with Crippen molar-refractivity contribution in [3.63, 3.8) is 0 Å². The molecule has 0 saturated carbocycles. The number of aryl methyl sites for hydroxylation is 1. The molecule has 0 atom stereocenters. The molecule has 0 radical (unpaired) electrons. The molecule has 0 spiro atoms. The third-order valence-electron chi connectivity index (χ3n) is 3.34. The van der Waals surface area contributed by atoms with Crippen LogP contribution >= 0.6 is 0 Å². The third kappa shape index (κ3) is 2.91. The second kappa shape index (κ2) is 5.25. The molecule has 18 heavy (non-hydrogen) atoms. The highest BCUT2D eigenvalue weighted by atomic mass is 16.1. The van der Waals surface area contributed by atoms with E-state index in [0.717, 1.165) is 43.1 Å². The van der Waals surface area contributed by atoms with Crippen LogP contribution in [0.1, 0.15) is 25.5 Å². The van der Waals surface area contributed by atoms with Gasteiger partial charge in [0.2, 0.25) is 5.91 Å². The van der Waals surface area contributed by atoms with Crippen LogP contribution in [-0.2, 0) is 4.79 Å². The minimum atomic E-state index is 0.0508. The van der Waals surface area contributed by atoms with Gasteiger partial charge in [-0.25, -0.2) is 4.98 Å². The van der Waals surface area contributed by atoms with E-state index in [1.807, 2.05) is 19.1 Å². The number of hydrogen-bond acceptors (Lipinski definition) is 4. The molecule has 0 unspecified atom stereocenters. The monoisotopic (exact) mass is 248 g/mol. The van der Waals surface area contributed by atoms with E-state index < -0.39 is 0 Å². The number of hydrogen-bond donors (Lipinski definition) is 2. The summed E-state index contributed by atoms with van der Waals surface area (Å²) in [5.74, 6) is 1.03. The van der Waals surface area contributed by atoms with Crippen molar-refractivity contribution in [1.82, 2.24) is 10.3 Å². The van der Waals surface area contributed by atoms with E-state index in [9.17, 15) is 4.79 Å². The maximum Gasteiger partial charge on any atom is 0.217 e. The van der Waals surface area contributed by atoms with E-state index in [4.69, 9.17) is 5.73 Å². The van der Waals surface area contributed by atoms with E-state index in [1.54, 1.807) is 6.92 Å². The molecule has 1 aromatic rings. The van der Waals surface area contributed by atoms with Crippen LogP contribution in [0.2, 0.25) is 0 Å². The predicted octanol–water partition coefficient (Wildman–Crippen LogP) is 1.08. The number of piperidine rings is 1. The molecule has 1 aliphatic rings. The highest BCUT2D eigenvalue weighted by Gasteiger charge is 2.20. The number of pyridine rings is 1. The molecule has 3 N–H and O–H groups in total. The molecule has 0 bridgehead atoms. The summed E-state index contributed by atoms with van der Waals surface area (Å²) in [4.78, 5) is 17.7. The lowest BCUT2D eigenvalue weighted by Gasteiger charge is -2.33. The van der Waals surface area contributed by atoms with Crippen molar-refractivity contribution in [2.75, 3.05) is 23.7 Å². The minimum Gasteiger partial charge on any atom is -0.397 e. The third-order valence-corrected chi connectivity index (χ3v) is 3.34. The molecular weight excluding hydrogens is 228 g/mol. The van der Waals surface area contributed by atoms with Gasteiger partial charge in [-0.3, -0.25) is 4.79 Å². The summed E-state index contributed by atoms with van der Waals surface area (Å²) in [7, 11) is 0. The molecule has 5 nitrogen and oxygen atoms in total. The largest absolute Gasteiger partial charge is 0.397 e. The van der Waals surface area contributed by atoms with Crippen molar-refractivity contribution in [3.05, 3.63) is 17.8 Å². The fourth-order valence-electron chi connectivity index (χ4n) is 2.28. The Morgan fingerprint density at radius 1 is 1.44 bits per heavy atom. The molecule has 0 aromatic carbocycles. The van der Waals surface area contributed by atoms with Crippen LogP contribution < -0.4 is 16.0 Å². The number of carbonyl (C=O) groups excluding carboxylic acids is 1. The van der Waals surface area contributed by atoms with Gasteiger partial charge in [-0.15, -0.1) is 0 Å². The predicted molar refractivity (Wildman–Crippen MR) is 72.4 cm³/mol. The molecule has 1 aliphatic heterocycles. The van der Waals surface area contributed by atoms with Crippen LogP contribution in [0.15, 0.2) is 12.1 Å². The van der Waals surface area contributed by atoms with E-state index in [0.29, 0.717) is 6.04 Å². The van der Waals surface area contributed by atoms with Gasteiger partial charge >= 0.3 is 0 Å². The fraction of sp³-hybridized carbons (Fsp3) is 0.538. The standard InChI is InChI=1S/C13H20N4O/c1-9-12(14)3-4-13(15-9)17-7-5-11(6-8-17)16-10(2)18/h3-4,11H,5-8,14H2,1-2H3,(H,16,18). The Balaban J connectivity index is 1.96. The van der Waals surface area contributed by atoms with Gasteiger partial charge in [-0.05, 0) is 31.9 Å². The van der Waals surface area contributed by atoms with Crippen LogP contribution in [-0.4, -0.2) is 30.0 Å². The summed E-state index contributed by atoms with van der Waals surface area (Å²) in [6.07, 6.45) is 1.93. The normalized spacial score (nSPS) is 16.7. The number of nitrogen functional groups attached to an aromatic ring is 1. The van der Waals surface area contributed by atoms with Crippen LogP contribution in [0, 0.1) is 6.92 Å². The van der Waals surface area contributed by atoms with Crippen molar-refractivity contribution in [2.45, 2.75) is 32.7 Å². The quantitative estimate of drug-likeness (QED) is 0.821. The Kier molecular flexibility index (Phi) is 3.69. The Bertz CT molecular complexity index is 439. The number of nitrogens with zero attached hydrogens (tertiary/aromatic N) is 2. The molecule has 2 rings (SSSR count). The van der Waals surface area contributed by atoms with Crippen molar-refractivity contribution in [2.24, 2.45) is 0 Å². The SMILES string of the molecule is CC(=O)NC1CCN(c2ccc(N)c(C)n2)CC1. The summed E-state index contributed by atoms with van der Waals surface area (Å²) in [5.41, 5.74) is 7.37. The number of carbonyl (C=O) groups is 1. The number of aromatic nitrogens is 1. The zero-order valence-corrected chi connectivity index (χ0v) is 10.9. The highest BCUT2D eigenvalue weighted by Crippen LogP contribution is 2.20. The maximum atomic E-state index is 11.0. The van der Waals surface area contributed by atoms with Gasteiger partial charge in [0.1, 0.15) is 5.82 Å². The molecule has 2 heterocycles. The Labute approximate surface area is 107 Å². The van der Waals surface area contributed by atoms with Gasteiger partial charge in [-0.1, -0.05) is 0 Å². The molecule has 0 aliphatic carbocycles. The number of anilines is 2. The van der Waals surface area contributed by atoms with Gasteiger partial charge in [0.15, 0.2) is 0 Å². The van der Waals surface area contributed by atoms with Gasteiger partial charge in [0.25, 0.3) is 0 Å². The van der Waals surface area contributed by atoms with Crippen LogP contribution in [0.5, 0.6) is 0 Å². The number of rotatable bonds is 2. The summed E-state index contributed by atoms with van der Waals surface area (Å²) < 4.78 is 0. The molecule has 1 fully saturated rings. The first kappa shape index (κ1) is 12.7. The second-order valence-electron chi connectivity index (χ2n) is 4.81. The lowest BCUT2D eigenvalue weighted by molar-refractivity contribution is -0.119. The minimum absolute atomic E-state index is 0.0508. The molecule has 98 valence electrons. The Hall–Kier alpha value is -1.78. The number of amides is 1. The van der Waals surface area contributed by atoms with Gasteiger partial charge < -0.3 is 16.0 Å². The van der Waals surface area contributed by atoms with Gasteiger partial charge in [0, 0.05) is 26.1 Å². The lowest BCUT2D eigenvalue weighted by atomic mass is 10.0. The fourth-order valence-corrected chi connectivity index (χ4v) is 2.28. The van der Waals surface area contributed by atoms with E-state index in [1.165, 1.54) is 0 Å². The molecule has 5 heteroatoms. The maximum absolute atomic E-state index is 11.0. The summed E-state index contributed by atoms with van der Waals surface area (Å²) >= 11 is 0.